The molecule has 0 amide bonds. The van der Waals surface area contributed by atoms with Gasteiger partial charge in [0, 0.05) is 17.5 Å². The zero-order valence-electron chi connectivity index (χ0n) is 16.1. The summed E-state index contributed by atoms with van der Waals surface area (Å²) in [4.78, 5) is 20.7. The summed E-state index contributed by atoms with van der Waals surface area (Å²) in [6, 6.07) is 7.72. The second kappa shape index (κ2) is 9.90. The van der Waals surface area contributed by atoms with Gasteiger partial charge in [0.25, 0.3) is 0 Å². The molecule has 1 aromatic heterocycles. The quantitative estimate of drug-likeness (QED) is 0.620. The van der Waals surface area contributed by atoms with Crippen LogP contribution >= 0.6 is 23.2 Å². The molecular weight excluding hydrogens is 385 g/mol. The molecule has 1 N–H and O–H groups in total. The third kappa shape index (κ3) is 5.56. The van der Waals surface area contributed by atoms with Crippen molar-refractivity contribution in [3.63, 3.8) is 0 Å². The maximum Gasteiger partial charge on any atom is 0.358 e. The zero-order valence-corrected chi connectivity index (χ0v) is 17.6. The Morgan fingerprint density at radius 1 is 1.22 bits per heavy atom. The molecule has 5 nitrogen and oxygen atoms in total. The molecule has 0 saturated heterocycles. The fourth-order valence-corrected chi connectivity index (χ4v) is 2.85. The van der Waals surface area contributed by atoms with Gasteiger partial charge in [-0.05, 0) is 36.5 Å². The lowest BCUT2D eigenvalue weighted by Crippen LogP contribution is -2.15. The first-order chi connectivity index (χ1) is 13.0. The Morgan fingerprint density at radius 3 is 2.41 bits per heavy atom. The first-order valence-corrected chi connectivity index (χ1v) is 9.90. The molecule has 1 aliphatic rings. The van der Waals surface area contributed by atoms with Gasteiger partial charge in [0.05, 0.1) is 7.11 Å². The van der Waals surface area contributed by atoms with Gasteiger partial charge in [-0.1, -0.05) is 56.1 Å². The van der Waals surface area contributed by atoms with Crippen LogP contribution in [0.25, 0.3) is 0 Å². The third-order valence-electron chi connectivity index (χ3n) is 4.20. The van der Waals surface area contributed by atoms with E-state index in [0.29, 0.717) is 29.1 Å². The molecule has 7 heteroatoms. The Balaban J connectivity index is 0.00000126. The van der Waals surface area contributed by atoms with Crippen LogP contribution in [0.4, 0.5) is 5.82 Å². The van der Waals surface area contributed by atoms with Crippen molar-refractivity contribution < 1.29 is 9.53 Å². The Hall–Kier alpha value is -1.85. The lowest BCUT2D eigenvalue weighted by Gasteiger charge is -2.16. The SMILES string of the molecule is CC.COC(=O)c1nc(C2CC2)nc(NCC(C)c2ccc(Cl)cc2)c1Cl. The Morgan fingerprint density at radius 2 is 1.85 bits per heavy atom. The fraction of sp³-hybridized carbons (Fsp3) is 0.450. The van der Waals surface area contributed by atoms with Gasteiger partial charge >= 0.3 is 5.97 Å². The van der Waals surface area contributed by atoms with E-state index in [1.165, 1.54) is 7.11 Å². The number of esters is 1. The highest BCUT2D eigenvalue weighted by Crippen LogP contribution is 2.39. The number of rotatable bonds is 6. The highest BCUT2D eigenvalue weighted by Gasteiger charge is 2.30. The normalized spacial score (nSPS) is 14.0. The monoisotopic (exact) mass is 409 g/mol. The van der Waals surface area contributed by atoms with E-state index >= 15 is 0 Å². The van der Waals surface area contributed by atoms with Crippen molar-refractivity contribution in [1.29, 1.82) is 0 Å². The molecular formula is C20H25Cl2N3O2. The van der Waals surface area contributed by atoms with Crippen molar-refractivity contribution >= 4 is 35.0 Å². The molecule has 3 rings (SSSR count). The number of halogens is 2. The van der Waals surface area contributed by atoms with Gasteiger partial charge < -0.3 is 10.1 Å². The second-order valence-corrected chi connectivity index (χ2v) is 7.01. The van der Waals surface area contributed by atoms with Crippen molar-refractivity contribution in [2.45, 2.75) is 45.4 Å². The number of anilines is 1. The minimum absolute atomic E-state index is 0.114. The molecule has 1 unspecified atom stereocenters. The van der Waals surface area contributed by atoms with Crippen LogP contribution in [0.2, 0.25) is 10.0 Å². The summed E-state index contributed by atoms with van der Waals surface area (Å²) < 4.78 is 4.78. The molecule has 1 aliphatic carbocycles. The van der Waals surface area contributed by atoms with Gasteiger partial charge in [0.1, 0.15) is 16.7 Å². The highest BCUT2D eigenvalue weighted by molar-refractivity contribution is 6.35. The van der Waals surface area contributed by atoms with E-state index in [1.807, 2.05) is 38.1 Å². The second-order valence-electron chi connectivity index (χ2n) is 6.19. The minimum atomic E-state index is -0.553. The Bertz CT molecular complexity index is 778. The van der Waals surface area contributed by atoms with Gasteiger partial charge in [-0.25, -0.2) is 14.8 Å². The van der Waals surface area contributed by atoms with Crippen LogP contribution < -0.4 is 5.32 Å². The summed E-state index contributed by atoms with van der Waals surface area (Å²) in [5.41, 5.74) is 1.26. The standard InChI is InChI=1S/C18H19Cl2N3O2.C2H6/c1-10(11-5-7-13(19)8-6-11)9-21-17-14(20)15(18(24)25-2)22-16(23-17)12-3-4-12;1-2/h5-8,10,12H,3-4,9H2,1-2H3,(H,21,22,23);1-2H3. The molecule has 1 fully saturated rings. The summed E-state index contributed by atoms with van der Waals surface area (Å²) in [6.07, 6.45) is 2.06. The molecule has 0 bridgehead atoms. The van der Waals surface area contributed by atoms with Gasteiger partial charge in [0.15, 0.2) is 5.69 Å². The smallest absolute Gasteiger partial charge is 0.358 e. The number of methoxy groups -OCH3 is 1. The summed E-state index contributed by atoms with van der Waals surface area (Å²) in [5.74, 6) is 1.08. The highest BCUT2D eigenvalue weighted by atomic mass is 35.5. The van der Waals surface area contributed by atoms with Gasteiger partial charge in [-0.3, -0.25) is 0 Å². The van der Waals surface area contributed by atoms with Crippen LogP contribution in [0.5, 0.6) is 0 Å². The van der Waals surface area contributed by atoms with Crippen LogP contribution in [0.1, 0.15) is 67.3 Å². The van der Waals surface area contributed by atoms with E-state index in [4.69, 9.17) is 27.9 Å². The van der Waals surface area contributed by atoms with Crippen molar-refractivity contribution in [1.82, 2.24) is 9.97 Å². The lowest BCUT2D eigenvalue weighted by molar-refractivity contribution is 0.0593. The minimum Gasteiger partial charge on any atom is -0.464 e. The van der Waals surface area contributed by atoms with Crippen LogP contribution in [0, 0.1) is 0 Å². The van der Waals surface area contributed by atoms with Crippen LogP contribution in [0.3, 0.4) is 0 Å². The number of nitrogens with one attached hydrogen (secondary N) is 1. The number of ether oxygens (including phenoxy) is 1. The van der Waals surface area contributed by atoms with Crippen molar-refractivity contribution in [3.8, 4) is 0 Å². The molecule has 1 heterocycles. The lowest BCUT2D eigenvalue weighted by atomic mass is 10.0. The van der Waals surface area contributed by atoms with Crippen LogP contribution in [-0.4, -0.2) is 29.6 Å². The molecule has 0 radical (unpaired) electrons. The molecule has 0 aliphatic heterocycles. The van der Waals surface area contributed by atoms with E-state index in [2.05, 4.69) is 22.2 Å². The number of carbonyl (C=O) groups is 1. The van der Waals surface area contributed by atoms with E-state index in [0.717, 1.165) is 18.4 Å². The third-order valence-corrected chi connectivity index (χ3v) is 4.81. The summed E-state index contributed by atoms with van der Waals surface area (Å²) >= 11 is 12.3. The molecule has 2 aromatic rings. The van der Waals surface area contributed by atoms with Crippen molar-refractivity contribution in [3.05, 3.63) is 51.4 Å². The molecule has 146 valence electrons. The van der Waals surface area contributed by atoms with Crippen molar-refractivity contribution in [2.24, 2.45) is 0 Å². The number of hydrogen-bond acceptors (Lipinski definition) is 5. The first-order valence-electron chi connectivity index (χ1n) is 9.14. The number of benzene rings is 1. The Kier molecular flexibility index (Phi) is 7.87. The average Bonchev–Trinajstić information content (AvgIpc) is 3.53. The Labute approximate surface area is 170 Å². The summed E-state index contributed by atoms with van der Waals surface area (Å²) in [6.45, 7) is 6.71. The molecule has 0 spiro atoms. The number of nitrogens with zero attached hydrogens (tertiary/aromatic N) is 2. The predicted octanol–water partition coefficient (Wildman–Crippen LogP) is 5.69. The molecule has 1 saturated carbocycles. The summed E-state index contributed by atoms with van der Waals surface area (Å²) in [5, 5.41) is 4.15. The first kappa shape index (κ1) is 21.5. The summed E-state index contributed by atoms with van der Waals surface area (Å²) in [7, 11) is 1.31. The number of carbonyl (C=O) groups excluding carboxylic acids is 1. The van der Waals surface area contributed by atoms with Gasteiger partial charge in [-0.2, -0.15) is 0 Å². The van der Waals surface area contributed by atoms with E-state index in [-0.39, 0.29) is 16.6 Å². The average molecular weight is 410 g/mol. The molecule has 27 heavy (non-hydrogen) atoms. The van der Waals surface area contributed by atoms with E-state index in [1.54, 1.807) is 0 Å². The van der Waals surface area contributed by atoms with E-state index < -0.39 is 5.97 Å². The maximum absolute atomic E-state index is 11.9. The van der Waals surface area contributed by atoms with Crippen molar-refractivity contribution in [2.75, 3.05) is 19.0 Å². The van der Waals surface area contributed by atoms with Crippen LogP contribution in [-0.2, 0) is 4.74 Å². The molecule has 1 atom stereocenters. The predicted molar refractivity (Wildman–Crippen MR) is 110 cm³/mol. The fourth-order valence-electron chi connectivity index (χ4n) is 2.50. The zero-order chi connectivity index (χ0) is 20.0. The molecule has 1 aromatic carbocycles. The van der Waals surface area contributed by atoms with E-state index in [9.17, 15) is 4.79 Å². The number of hydrogen-bond donors (Lipinski definition) is 1. The maximum atomic E-state index is 11.9. The van der Waals surface area contributed by atoms with Crippen LogP contribution in [0.15, 0.2) is 24.3 Å². The topological polar surface area (TPSA) is 64.1 Å². The van der Waals surface area contributed by atoms with Gasteiger partial charge in [-0.15, -0.1) is 0 Å². The van der Waals surface area contributed by atoms with Gasteiger partial charge in [0.2, 0.25) is 0 Å². The number of aromatic nitrogens is 2. The largest absolute Gasteiger partial charge is 0.464 e.